The number of carbonyl (C=O) groups excluding carboxylic acids is 1. The van der Waals surface area contributed by atoms with Gasteiger partial charge < -0.3 is 10.6 Å². The first-order valence-electron chi connectivity index (χ1n) is 8.18. The Labute approximate surface area is 146 Å². The minimum atomic E-state index is -0.0668. The zero-order chi connectivity index (χ0) is 17.5. The van der Waals surface area contributed by atoms with Gasteiger partial charge in [-0.2, -0.15) is 5.10 Å². The van der Waals surface area contributed by atoms with Crippen molar-refractivity contribution < 1.29 is 4.79 Å². The second-order valence-corrected chi connectivity index (χ2v) is 5.84. The summed E-state index contributed by atoms with van der Waals surface area (Å²) in [7, 11) is 0. The molecule has 1 heterocycles. The lowest BCUT2D eigenvalue weighted by atomic mass is 10.1. The fourth-order valence-corrected chi connectivity index (χ4v) is 2.64. The summed E-state index contributed by atoms with van der Waals surface area (Å²) in [6.45, 7) is 2.92. The Balaban J connectivity index is 1.67. The fraction of sp³-hybridized carbons (Fsp3) is 0.211. The molecule has 0 spiro atoms. The first kappa shape index (κ1) is 16.9. The van der Waals surface area contributed by atoms with Gasteiger partial charge in [-0.15, -0.1) is 0 Å². The van der Waals surface area contributed by atoms with Crippen LogP contribution in [-0.2, 0) is 17.9 Å². The normalized spacial score (nSPS) is 11.9. The molecule has 3 rings (SSSR count). The van der Waals surface area contributed by atoms with Crippen LogP contribution in [0.4, 0.5) is 5.69 Å². The van der Waals surface area contributed by atoms with Gasteiger partial charge in [-0.3, -0.25) is 9.48 Å². The average Bonchev–Trinajstić information content (AvgIpc) is 3.13. The maximum absolute atomic E-state index is 11.1. The van der Waals surface area contributed by atoms with Crippen molar-refractivity contribution in [3.8, 4) is 0 Å². The molecule has 2 N–H and O–H groups in total. The van der Waals surface area contributed by atoms with Gasteiger partial charge in [0.15, 0.2) is 0 Å². The lowest BCUT2D eigenvalue weighted by Crippen LogP contribution is -2.25. The van der Waals surface area contributed by atoms with Crippen molar-refractivity contribution in [3.05, 3.63) is 78.4 Å². The largest absolute Gasteiger partial charge is 0.326 e. The van der Waals surface area contributed by atoms with Crippen molar-refractivity contribution in [2.45, 2.75) is 26.1 Å². The number of amides is 1. The number of hydrogen-bond donors (Lipinski definition) is 2. The summed E-state index contributed by atoms with van der Waals surface area (Å²) in [5.41, 5.74) is 3.15. The number of rotatable bonds is 7. The third kappa shape index (κ3) is 4.99. The summed E-state index contributed by atoms with van der Waals surface area (Å²) in [6, 6.07) is 18.3. The number of nitrogens with zero attached hydrogens (tertiary/aromatic N) is 3. The van der Waals surface area contributed by atoms with Gasteiger partial charge in [0.1, 0.15) is 12.7 Å². The zero-order valence-electron chi connectivity index (χ0n) is 14.1. The van der Waals surface area contributed by atoms with Gasteiger partial charge in [0.25, 0.3) is 0 Å². The van der Waals surface area contributed by atoms with Crippen LogP contribution in [0.25, 0.3) is 0 Å². The minimum absolute atomic E-state index is 0.0668. The Kier molecular flexibility index (Phi) is 5.53. The van der Waals surface area contributed by atoms with E-state index < -0.39 is 0 Å². The van der Waals surface area contributed by atoms with E-state index in [1.165, 1.54) is 12.5 Å². The van der Waals surface area contributed by atoms with Gasteiger partial charge in [-0.1, -0.05) is 42.5 Å². The maximum Gasteiger partial charge on any atom is 0.221 e. The Morgan fingerprint density at radius 3 is 2.52 bits per heavy atom. The van der Waals surface area contributed by atoms with Gasteiger partial charge >= 0.3 is 0 Å². The highest BCUT2D eigenvalue weighted by atomic mass is 16.1. The molecule has 3 aromatic rings. The smallest absolute Gasteiger partial charge is 0.221 e. The number of benzene rings is 2. The summed E-state index contributed by atoms with van der Waals surface area (Å²) in [5, 5.41) is 10.6. The van der Waals surface area contributed by atoms with Crippen LogP contribution in [0.3, 0.4) is 0 Å². The first-order chi connectivity index (χ1) is 12.2. The number of anilines is 1. The van der Waals surface area contributed by atoms with E-state index in [1.807, 2.05) is 47.1 Å². The molecule has 1 aromatic heterocycles. The van der Waals surface area contributed by atoms with Crippen LogP contribution in [0.15, 0.2) is 67.3 Å². The lowest BCUT2D eigenvalue weighted by molar-refractivity contribution is -0.114. The summed E-state index contributed by atoms with van der Waals surface area (Å²) in [4.78, 5) is 15.1. The quantitative estimate of drug-likeness (QED) is 0.696. The molecular formula is C19H21N5O. The number of nitrogens with one attached hydrogen (secondary N) is 2. The van der Waals surface area contributed by atoms with Crippen LogP contribution in [0, 0.1) is 0 Å². The van der Waals surface area contributed by atoms with E-state index in [0.29, 0.717) is 13.1 Å². The monoisotopic (exact) mass is 335 g/mol. The molecule has 1 amide bonds. The van der Waals surface area contributed by atoms with E-state index in [9.17, 15) is 4.79 Å². The van der Waals surface area contributed by atoms with Gasteiger partial charge in [0.05, 0.1) is 12.6 Å². The lowest BCUT2D eigenvalue weighted by Gasteiger charge is -2.19. The molecule has 128 valence electrons. The SMILES string of the molecule is CC(=O)Nc1ccc(CN[C@@H](Cn2cncn2)c2ccccc2)cc1. The first-order valence-corrected chi connectivity index (χ1v) is 8.18. The molecule has 0 bridgehead atoms. The van der Waals surface area contributed by atoms with E-state index >= 15 is 0 Å². The number of carbonyl (C=O) groups is 1. The third-order valence-corrected chi connectivity index (χ3v) is 3.87. The summed E-state index contributed by atoms with van der Waals surface area (Å²) < 4.78 is 1.82. The molecular weight excluding hydrogens is 314 g/mol. The van der Waals surface area contributed by atoms with Crippen molar-refractivity contribution >= 4 is 11.6 Å². The third-order valence-electron chi connectivity index (χ3n) is 3.87. The number of hydrogen-bond acceptors (Lipinski definition) is 4. The van der Waals surface area contributed by atoms with Crippen molar-refractivity contribution in [2.24, 2.45) is 0 Å². The van der Waals surface area contributed by atoms with Gasteiger partial charge in [-0.05, 0) is 23.3 Å². The highest BCUT2D eigenvalue weighted by Crippen LogP contribution is 2.16. The summed E-state index contributed by atoms with van der Waals surface area (Å²) in [6.07, 6.45) is 3.27. The molecule has 0 aliphatic rings. The maximum atomic E-state index is 11.1. The van der Waals surface area contributed by atoms with E-state index in [2.05, 4.69) is 32.8 Å². The Morgan fingerprint density at radius 2 is 1.88 bits per heavy atom. The highest BCUT2D eigenvalue weighted by Gasteiger charge is 2.12. The van der Waals surface area contributed by atoms with Crippen LogP contribution in [-0.4, -0.2) is 20.7 Å². The van der Waals surface area contributed by atoms with Crippen molar-refractivity contribution in [2.75, 3.05) is 5.32 Å². The van der Waals surface area contributed by atoms with E-state index in [1.54, 1.807) is 12.7 Å². The van der Waals surface area contributed by atoms with Gasteiger partial charge in [0.2, 0.25) is 5.91 Å². The molecule has 0 fully saturated rings. The Hall–Kier alpha value is -2.99. The van der Waals surface area contributed by atoms with Crippen molar-refractivity contribution in [3.63, 3.8) is 0 Å². The highest BCUT2D eigenvalue weighted by molar-refractivity contribution is 5.88. The van der Waals surface area contributed by atoms with Crippen LogP contribution >= 0.6 is 0 Å². The predicted octanol–water partition coefficient (Wildman–Crippen LogP) is 2.77. The standard InChI is InChI=1S/C19H21N5O/c1-15(25)23-18-9-7-16(8-10-18)11-21-19(12-24-14-20-13-22-24)17-5-3-2-4-6-17/h2-10,13-14,19,21H,11-12H2,1H3,(H,23,25)/t19-/m0/s1. The number of aromatic nitrogens is 3. The van der Waals surface area contributed by atoms with E-state index in [0.717, 1.165) is 11.3 Å². The van der Waals surface area contributed by atoms with Crippen LogP contribution in [0.1, 0.15) is 24.1 Å². The van der Waals surface area contributed by atoms with E-state index in [-0.39, 0.29) is 11.9 Å². The van der Waals surface area contributed by atoms with E-state index in [4.69, 9.17) is 0 Å². The topological polar surface area (TPSA) is 71.8 Å². The molecule has 6 nitrogen and oxygen atoms in total. The minimum Gasteiger partial charge on any atom is -0.326 e. The summed E-state index contributed by atoms with van der Waals surface area (Å²) >= 11 is 0. The van der Waals surface area contributed by atoms with Crippen LogP contribution in [0.2, 0.25) is 0 Å². The van der Waals surface area contributed by atoms with Crippen molar-refractivity contribution in [1.29, 1.82) is 0 Å². The predicted molar refractivity (Wildman–Crippen MR) is 96.8 cm³/mol. The zero-order valence-corrected chi connectivity index (χ0v) is 14.1. The molecule has 0 aliphatic heterocycles. The molecule has 25 heavy (non-hydrogen) atoms. The van der Waals surface area contributed by atoms with Gasteiger partial charge in [0, 0.05) is 19.2 Å². The Bertz CT molecular complexity index is 784. The van der Waals surface area contributed by atoms with Crippen LogP contribution in [0.5, 0.6) is 0 Å². The molecule has 0 radical (unpaired) electrons. The average molecular weight is 335 g/mol. The van der Waals surface area contributed by atoms with Crippen LogP contribution < -0.4 is 10.6 Å². The summed E-state index contributed by atoms with van der Waals surface area (Å²) in [5.74, 6) is -0.0668. The fourth-order valence-electron chi connectivity index (χ4n) is 2.64. The second kappa shape index (κ2) is 8.21. The molecule has 0 saturated heterocycles. The Morgan fingerprint density at radius 1 is 1.12 bits per heavy atom. The molecule has 6 heteroatoms. The van der Waals surface area contributed by atoms with Crippen molar-refractivity contribution in [1.82, 2.24) is 20.1 Å². The molecule has 0 aliphatic carbocycles. The molecule has 1 atom stereocenters. The van der Waals surface area contributed by atoms with Gasteiger partial charge in [-0.25, -0.2) is 4.98 Å². The molecule has 0 saturated carbocycles. The second-order valence-electron chi connectivity index (χ2n) is 5.84. The molecule has 2 aromatic carbocycles. The molecule has 0 unspecified atom stereocenters.